The molecule has 3 aromatic rings. The molecule has 21 heavy (non-hydrogen) atoms. The summed E-state index contributed by atoms with van der Waals surface area (Å²) in [6.45, 7) is 2.49. The molecule has 0 aromatic carbocycles. The van der Waals surface area contributed by atoms with Gasteiger partial charge in [-0.3, -0.25) is 9.48 Å². The van der Waals surface area contributed by atoms with E-state index < -0.39 is 0 Å². The van der Waals surface area contributed by atoms with Gasteiger partial charge < -0.3 is 4.90 Å². The Morgan fingerprint density at radius 2 is 2.14 bits per heavy atom. The van der Waals surface area contributed by atoms with E-state index in [0.29, 0.717) is 17.8 Å². The lowest BCUT2D eigenvalue weighted by Gasteiger charge is -2.16. The van der Waals surface area contributed by atoms with Crippen LogP contribution in [0.5, 0.6) is 0 Å². The molecule has 0 fully saturated rings. The molecule has 0 spiro atoms. The largest absolute Gasteiger partial charge is 0.337 e. The highest BCUT2D eigenvalue weighted by atomic mass is 16.2. The highest BCUT2D eigenvalue weighted by Crippen LogP contribution is 2.13. The second-order valence-electron chi connectivity index (χ2n) is 4.99. The number of hydrogen-bond donors (Lipinski definition) is 0. The van der Waals surface area contributed by atoms with Crippen molar-refractivity contribution in [1.29, 1.82) is 0 Å². The maximum Gasteiger partial charge on any atom is 0.259 e. The monoisotopic (exact) mass is 284 g/mol. The summed E-state index contributed by atoms with van der Waals surface area (Å²) in [5.74, 6) is -0.105. The molecule has 1 amide bonds. The van der Waals surface area contributed by atoms with E-state index in [0.717, 1.165) is 11.3 Å². The molecule has 0 bridgehead atoms. The van der Waals surface area contributed by atoms with E-state index in [-0.39, 0.29) is 5.91 Å². The molecule has 0 saturated carbocycles. The van der Waals surface area contributed by atoms with Crippen LogP contribution in [0.2, 0.25) is 0 Å². The molecule has 0 saturated heterocycles. The number of carbonyl (C=O) groups excluding carboxylic acids is 1. The number of aryl methyl sites for hydroxylation is 1. The Labute approximate surface area is 121 Å². The van der Waals surface area contributed by atoms with Gasteiger partial charge in [-0.2, -0.15) is 10.2 Å². The van der Waals surface area contributed by atoms with Gasteiger partial charge in [0.05, 0.1) is 12.4 Å². The third-order valence-corrected chi connectivity index (χ3v) is 3.60. The lowest BCUT2D eigenvalue weighted by Crippen LogP contribution is -2.26. The van der Waals surface area contributed by atoms with Crippen LogP contribution in [0.4, 0.5) is 0 Å². The van der Waals surface area contributed by atoms with Crippen LogP contribution in [0, 0.1) is 6.92 Å². The second-order valence-corrected chi connectivity index (χ2v) is 4.99. The van der Waals surface area contributed by atoms with Gasteiger partial charge in [-0.1, -0.05) is 0 Å². The number of aromatic nitrogens is 5. The van der Waals surface area contributed by atoms with Crippen molar-refractivity contribution in [2.75, 3.05) is 7.05 Å². The summed E-state index contributed by atoms with van der Waals surface area (Å²) < 4.78 is 3.39. The molecule has 0 radical (unpaired) electrons. The molecule has 3 heterocycles. The molecule has 7 nitrogen and oxygen atoms in total. The fourth-order valence-corrected chi connectivity index (χ4v) is 2.21. The molecule has 0 aliphatic rings. The maximum absolute atomic E-state index is 12.5. The van der Waals surface area contributed by atoms with E-state index in [4.69, 9.17) is 0 Å². The van der Waals surface area contributed by atoms with Gasteiger partial charge >= 0.3 is 0 Å². The fourth-order valence-electron chi connectivity index (χ4n) is 2.21. The normalized spacial score (nSPS) is 11.0. The minimum absolute atomic E-state index is 0.105. The Morgan fingerprint density at radius 3 is 2.86 bits per heavy atom. The van der Waals surface area contributed by atoms with Crippen LogP contribution in [0.3, 0.4) is 0 Å². The fraction of sp³-hybridized carbons (Fsp3) is 0.286. The summed E-state index contributed by atoms with van der Waals surface area (Å²) in [6.07, 6.45) is 6.76. The molecule has 0 aliphatic carbocycles. The van der Waals surface area contributed by atoms with Gasteiger partial charge in [0.2, 0.25) is 0 Å². The minimum atomic E-state index is -0.105. The first-order chi connectivity index (χ1) is 10.1. The molecule has 108 valence electrons. The number of nitrogens with zero attached hydrogens (tertiary/aromatic N) is 6. The van der Waals surface area contributed by atoms with Crippen molar-refractivity contribution in [3.8, 4) is 0 Å². The van der Waals surface area contributed by atoms with Crippen molar-refractivity contribution >= 4 is 11.6 Å². The number of hydrogen-bond acceptors (Lipinski definition) is 4. The lowest BCUT2D eigenvalue weighted by atomic mass is 10.2. The molecular weight excluding hydrogens is 268 g/mol. The van der Waals surface area contributed by atoms with Crippen LogP contribution < -0.4 is 0 Å². The average molecular weight is 284 g/mol. The van der Waals surface area contributed by atoms with Crippen LogP contribution >= 0.6 is 0 Å². The lowest BCUT2D eigenvalue weighted by molar-refractivity contribution is 0.0786. The maximum atomic E-state index is 12.5. The van der Waals surface area contributed by atoms with E-state index in [2.05, 4.69) is 15.2 Å². The smallest absolute Gasteiger partial charge is 0.259 e. The quantitative estimate of drug-likeness (QED) is 0.720. The Kier molecular flexibility index (Phi) is 3.17. The summed E-state index contributed by atoms with van der Waals surface area (Å²) in [6, 6.07) is 1.77. The first-order valence-corrected chi connectivity index (χ1v) is 6.59. The van der Waals surface area contributed by atoms with E-state index in [1.165, 1.54) is 0 Å². The zero-order valence-electron chi connectivity index (χ0n) is 12.2. The molecule has 3 rings (SSSR count). The van der Waals surface area contributed by atoms with E-state index in [1.807, 2.05) is 14.0 Å². The van der Waals surface area contributed by atoms with E-state index >= 15 is 0 Å². The molecule has 7 heteroatoms. The molecule has 3 aromatic heterocycles. The topological polar surface area (TPSA) is 68.3 Å². The predicted octanol–water partition coefficient (Wildman–Crippen LogP) is 1.04. The van der Waals surface area contributed by atoms with Gasteiger partial charge in [0.1, 0.15) is 5.56 Å². The molecular formula is C14H16N6O. The summed E-state index contributed by atoms with van der Waals surface area (Å²) in [4.78, 5) is 18.4. The average Bonchev–Trinajstić information content (AvgIpc) is 3.05. The van der Waals surface area contributed by atoms with Gasteiger partial charge in [0, 0.05) is 44.3 Å². The number of carbonyl (C=O) groups is 1. The Balaban J connectivity index is 1.86. The van der Waals surface area contributed by atoms with Crippen molar-refractivity contribution in [3.05, 3.63) is 47.7 Å². The Hall–Kier alpha value is -2.70. The summed E-state index contributed by atoms with van der Waals surface area (Å²) in [5.41, 5.74) is 3.14. The molecule has 0 N–H and O–H groups in total. The van der Waals surface area contributed by atoms with Crippen molar-refractivity contribution in [3.63, 3.8) is 0 Å². The molecule has 0 unspecified atom stereocenters. The van der Waals surface area contributed by atoms with Crippen molar-refractivity contribution in [2.45, 2.75) is 13.5 Å². The van der Waals surface area contributed by atoms with Crippen molar-refractivity contribution in [2.24, 2.45) is 7.05 Å². The second kappa shape index (κ2) is 5.01. The first-order valence-electron chi connectivity index (χ1n) is 6.59. The summed E-state index contributed by atoms with van der Waals surface area (Å²) in [7, 11) is 3.65. The standard InChI is InChI=1S/C14H16N6O/c1-10-11(7-16-19(10)3)9-18(2)14(21)12-8-17-20-6-4-5-15-13(12)20/h4-8H,9H2,1-3H3. The summed E-state index contributed by atoms with van der Waals surface area (Å²) >= 11 is 0. The zero-order chi connectivity index (χ0) is 15.0. The third-order valence-electron chi connectivity index (χ3n) is 3.60. The number of amides is 1. The Morgan fingerprint density at radius 1 is 1.33 bits per heavy atom. The van der Waals surface area contributed by atoms with Crippen LogP contribution in [0.25, 0.3) is 5.65 Å². The van der Waals surface area contributed by atoms with E-state index in [9.17, 15) is 4.79 Å². The van der Waals surface area contributed by atoms with Gasteiger partial charge in [0.25, 0.3) is 5.91 Å². The van der Waals surface area contributed by atoms with Gasteiger partial charge in [-0.25, -0.2) is 9.50 Å². The molecule has 0 atom stereocenters. The predicted molar refractivity (Wildman–Crippen MR) is 76.7 cm³/mol. The Bertz CT molecular complexity index is 803. The van der Waals surface area contributed by atoms with Crippen LogP contribution in [0.15, 0.2) is 30.9 Å². The van der Waals surface area contributed by atoms with Gasteiger partial charge in [0.15, 0.2) is 5.65 Å². The highest BCUT2D eigenvalue weighted by Gasteiger charge is 2.19. The van der Waals surface area contributed by atoms with Crippen LogP contribution in [-0.4, -0.2) is 42.2 Å². The van der Waals surface area contributed by atoms with Crippen molar-refractivity contribution in [1.82, 2.24) is 29.3 Å². The van der Waals surface area contributed by atoms with E-state index in [1.54, 1.807) is 52.0 Å². The van der Waals surface area contributed by atoms with Crippen LogP contribution in [-0.2, 0) is 13.6 Å². The highest BCUT2D eigenvalue weighted by molar-refractivity contribution is 5.99. The SMILES string of the molecule is Cc1c(CN(C)C(=O)c2cnn3cccnc23)cnn1C. The first kappa shape index (κ1) is 13.3. The van der Waals surface area contributed by atoms with Gasteiger partial charge in [-0.05, 0) is 13.0 Å². The number of fused-ring (bicyclic) bond motifs is 1. The summed E-state index contributed by atoms with van der Waals surface area (Å²) in [5, 5.41) is 8.33. The van der Waals surface area contributed by atoms with Gasteiger partial charge in [-0.15, -0.1) is 0 Å². The van der Waals surface area contributed by atoms with Crippen LogP contribution in [0.1, 0.15) is 21.6 Å². The third kappa shape index (κ3) is 2.26. The molecule has 0 aliphatic heterocycles. The minimum Gasteiger partial charge on any atom is -0.337 e. The zero-order valence-corrected chi connectivity index (χ0v) is 12.2. The van der Waals surface area contributed by atoms with Crippen molar-refractivity contribution < 1.29 is 4.79 Å². The number of rotatable bonds is 3.